The monoisotopic (exact) mass is 483 g/mol. The van der Waals surface area contributed by atoms with Gasteiger partial charge >= 0.3 is 0 Å². The predicted octanol–water partition coefficient (Wildman–Crippen LogP) is 4.89. The number of carbonyl (C=O) groups is 1. The molecule has 1 aliphatic carbocycles. The first-order chi connectivity index (χ1) is 17.5. The van der Waals surface area contributed by atoms with Crippen LogP contribution >= 0.6 is 0 Å². The number of halogens is 1. The van der Waals surface area contributed by atoms with Crippen molar-refractivity contribution in [1.82, 2.24) is 15.3 Å². The van der Waals surface area contributed by atoms with E-state index in [0.717, 1.165) is 62.0 Å². The molecule has 1 saturated carbocycles. The molecule has 0 atom stereocenters. The normalized spacial score (nSPS) is 15.8. The molecule has 7 nitrogen and oxygen atoms in total. The number of phenolic OH excluding ortho intramolecular Hbond substituents is 1. The van der Waals surface area contributed by atoms with E-state index in [-0.39, 0.29) is 17.5 Å². The lowest BCUT2D eigenvalue weighted by molar-refractivity contribution is 0.0968. The number of nitrogens with one attached hydrogen (secondary N) is 2. The first-order valence-electron chi connectivity index (χ1n) is 12.2. The van der Waals surface area contributed by atoms with Crippen LogP contribution in [0.15, 0.2) is 60.9 Å². The number of carbonyl (C=O) groups excluding carboxylic acids is 1. The van der Waals surface area contributed by atoms with Crippen LogP contribution in [0.5, 0.6) is 5.75 Å². The predicted molar refractivity (Wildman–Crippen MR) is 138 cm³/mol. The van der Waals surface area contributed by atoms with Gasteiger partial charge in [0.05, 0.1) is 28.7 Å². The van der Waals surface area contributed by atoms with Crippen LogP contribution < -0.4 is 15.5 Å². The van der Waals surface area contributed by atoms with Crippen molar-refractivity contribution in [3.63, 3.8) is 0 Å². The van der Waals surface area contributed by atoms with Gasteiger partial charge in [0.2, 0.25) is 0 Å². The summed E-state index contributed by atoms with van der Waals surface area (Å²) < 4.78 is 14.0. The third kappa shape index (κ3) is 4.47. The van der Waals surface area contributed by atoms with Crippen LogP contribution in [0, 0.1) is 11.7 Å². The van der Waals surface area contributed by atoms with Crippen LogP contribution in [-0.2, 0) is 0 Å². The van der Waals surface area contributed by atoms with Crippen molar-refractivity contribution in [2.45, 2.75) is 12.8 Å². The van der Waals surface area contributed by atoms with Gasteiger partial charge in [-0.25, -0.2) is 9.37 Å². The SMILES string of the molecule is O=C(c1cnc2ccc(-c3cc(O)cc(F)c3)cc2c1Nc1ccc(N2CCNCC2)nc1)C1CC1. The number of anilines is 3. The number of nitrogens with zero attached hydrogens (tertiary/aromatic N) is 3. The maximum Gasteiger partial charge on any atom is 0.169 e. The number of aromatic nitrogens is 2. The average Bonchev–Trinajstić information content (AvgIpc) is 3.74. The lowest BCUT2D eigenvalue weighted by Gasteiger charge is -2.28. The molecule has 0 bridgehead atoms. The standard InChI is InChI=1S/C28H26FN5O2/c29-20-11-19(12-22(35)14-20)18-3-5-25-23(13-18)27(24(16-31-25)28(36)17-1-2-17)33-21-4-6-26(32-15-21)34-9-7-30-8-10-34/h3-6,11-17,30,35H,1-2,7-10H2,(H,31,33). The van der Waals surface area contributed by atoms with Crippen molar-refractivity contribution in [2.24, 2.45) is 5.92 Å². The zero-order valence-corrected chi connectivity index (χ0v) is 19.7. The van der Waals surface area contributed by atoms with Crippen molar-refractivity contribution in [3.8, 4) is 16.9 Å². The first-order valence-corrected chi connectivity index (χ1v) is 12.2. The number of benzene rings is 2. The molecule has 6 rings (SSSR count). The molecule has 3 N–H and O–H groups in total. The van der Waals surface area contributed by atoms with Crippen LogP contribution in [0.3, 0.4) is 0 Å². The van der Waals surface area contributed by atoms with Gasteiger partial charge < -0.3 is 20.6 Å². The third-order valence-electron chi connectivity index (χ3n) is 6.76. The molecule has 36 heavy (non-hydrogen) atoms. The Morgan fingerprint density at radius 2 is 1.83 bits per heavy atom. The highest BCUT2D eigenvalue weighted by Gasteiger charge is 2.32. The van der Waals surface area contributed by atoms with Crippen LogP contribution in [0.1, 0.15) is 23.2 Å². The molecule has 0 radical (unpaired) electrons. The second-order valence-corrected chi connectivity index (χ2v) is 9.38. The van der Waals surface area contributed by atoms with E-state index in [4.69, 9.17) is 0 Å². The number of piperazine rings is 1. The molecule has 1 aliphatic heterocycles. The largest absolute Gasteiger partial charge is 0.508 e. The summed E-state index contributed by atoms with van der Waals surface area (Å²) in [5.41, 5.74) is 3.93. The van der Waals surface area contributed by atoms with E-state index in [0.29, 0.717) is 27.9 Å². The number of fused-ring (bicyclic) bond motifs is 1. The molecule has 0 unspecified atom stereocenters. The first kappa shape index (κ1) is 22.4. The van der Waals surface area contributed by atoms with Gasteiger partial charge in [-0.1, -0.05) is 6.07 Å². The molecule has 4 aromatic rings. The molecule has 2 fully saturated rings. The second kappa shape index (κ2) is 9.20. The highest BCUT2D eigenvalue weighted by molar-refractivity contribution is 6.11. The van der Waals surface area contributed by atoms with Crippen LogP contribution in [0.2, 0.25) is 0 Å². The van der Waals surface area contributed by atoms with Crippen molar-refractivity contribution >= 4 is 33.9 Å². The number of rotatable bonds is 6. The molecular weight excluding hydrogens is 457 g/mol. The van der Waals surface area contributed by atoms with E-state index < -0.39 is 5.82 Å². The highest BCUT2D eigenvalue weighted by Crippen LogP contribution is 2.39. The number of pyridine rings is 2. The summed E-state index contributed by atoms with van der Waals surface area (Å²) in [4.78, 5) is 24.6. The molecule has 1 saturated heterocycles. The lowest BCUT2D eigenvalue weighted by Crippen LogP contribution is -2.43. The van der Waals surface area contributed by atoms with E-state index in [2.05, 4.69) is 25.5 Å². The minimum absolute atomic E-state index is 0.0290. The summed E-state index contributed by atoms with van der Waals surface area (Å²) in [6, 6.07) is 13.5. The van der Waals surface area contributed by atoms with Crippen molar-refractivity contribution in [3.05, 3.63) is 72.3 Å². The molecule has 0 spiro atoms. The van der Waals surface area contributed by atoms with Gasteiger partial charge in [-0.3, -0.25) is 9.78 Å². The summed E-state index contributed by atoms with van der Waals surface area (Å²) >= 11 is 0. The number of phenols is 1. The molecule has 2 aromatic heterocycles. The Bertz CT molecular complexity index is 1430. The third-order valence-corrected chi connectivity index (χ3v) is 6.76. The average molecular weight is 484 g/mol. The Morgan fingerprint density at radius 3 is 2.56 bits per heavy atom. The number of Topliss-reactive ketones (excluding diaryl/α,β-unsaturated/α-hetero) is 1. The van der Waals surface area contributed by atoms with Gasteiger partial charge in [0.25, 0.3) is 0 Å². The van der Waals surface area contributed by atoms with Gasteiger partial charge in [-0.05, 0) is 60.4 Å². The fraction of sp³-hybridized carbons (Fsp3) is 0.250. The van der Waals surface area contributed by atoms with Gasteiger partial charge in [-0.15, -0.1) is 0 Å². The van der Waals surface area contributed by atoms with E-state index in [1.807, 2.05) is 30.3 Å². The number of hydrogen-bond acceptors (Lipinski definition) is 7. The smallest absolute Gasteiger partial charge is 0.169 e. The van der Waals surface area contributed by atoms with Crippen LogP contribution in [-0.4, -0.2) is 47.0 Å². The zero-order chi connectivity index (χ0) is 24.6. The van der Waals surface area contributed by atoms with Gasteiger partial charge in [0, 0.05) is 49.7 Å². The minimum atomic E-state index is -0.519. The summed E-state index contributed by atoms with van der Waals surface area (Å²) in [6.07, 6.45) is 5.20. The zero-order valence-electron chi connectivity index (χ0n) is 19.7. The molecule has 182 valence electrons. The van der Waals surface area contributed by atoms with Gasteiger partial charge in [0.1, 0.15) is 17.4 Å². The molecular formula is C28H26FN5O2. The van der Waals surface area contributed by atoms with Crippen LogP contribution in [0.4, 0.5) is 21.6 Å². The number of ketones is 1. The highest BCUT2D eigenvalue weighted by atomic mass is 19.1. The summed E-state index contributed by atoms with van der Waals surface area (Å²) in [6.45, 7) is 3.69. The second-order valence-electron chi connectivity index (χ2n) is 9.38. The van der Waals surface area contributed by atoms with Gasteiger partial charge in [-0.2, -0.15) is 0 Å². The maximum atomic E-state index is 14.0. The fourth-order valence-corrected chi connectivity index (χ4v) is 4.69. The molecule has 2 aromatic carbocycles. The Labute approximate surface area is 208 Å². The topological polar surface area (TPSA) is 90.4 Å². The van der Waals surface area contributed by atoms with Crippen molar-refractivity contribution in [1.29, 1.82) is 0 Å². The Kier molecular flexibility index (Phi) is 5.73. The van der Waals surface area contributed by atoms with Crippen molar-refractivity contribution in [2.75, 3.05) is 36.4 Å². The Hall–Kier alpha value is -4.04. The van der Waals surface area contributed by atoms with Crippen molar-refractivity contribution < 1.29 is 14.3 Å². The molecule has 0 amide bonds. The Balaban J connectivity index is 1.42. The van der Waals surface area contributed by atoms with E-state index in [1.165, 1.54) is 12.1 Å². The molecule has 3 heterocycles. The summed E-state index contributed by atoms with van der Waals surface area (Å²) in [7, 11) is 0. The minimum Gasteiger partial charge on any atom is -0.508 e. The summed E-state index contributed by atoms with van der Waals surface area (Å²) in [5, 5.41) is 17.4. The summed E-state index contributed by atoms with van der Waals surface area (Å²) in [5.74, 6) is 0.362. The number of hydrogen-bond donors (Lipinski definition) is 3. The maximum absolute atomic E-state index is 14.0. The molecule has 2 aliphatic rings. The quantitative estimate of drug-likeness (QED) is 0.337. The van der Waals surface area contributed by atoms with E-state index >= 15 is 0 Å². The Morgan fingerprint density at radius 1 is 1.00 bits per heavy atom. The van der Waals surface area contributed by atoms with E-state index in [9.17, 15) is 14.3 Å². The lowest BCUT2D eigenvalue weighted by atomic mass is 9.98. The van der Waals surface area contributed by atoms with E-state index in [1.54, 1.807) is 12.4 Å². The van der Waals surface area contributed by atoms with Gasteiger partial charge in [0.15, 0.2) is 5.78 Å². The number of aromatic hydroxyl groups is 1. The van der Waals surface area contributed by atoms with Crippen LogP contribution in [0.25, 0.3) is 22.0 Å². The molecule has 8 heteroatoms. The fourth-order valence-electron chi connectivity index (χ4n) is 4.69.